The van der Waals surface area contributed by atoms with Crippen molar-refractivity contribution >= 4 is 17.8 Å². The molecule has 1 N–H and O–H groups in total. The lowest BCUT2D eigenvalue weighted by molar-refractivity contribution is 0.124. The van der Waals surface area contributed by atoms with Gasteiger partial charge in [-0.3, -0.25) is 0 Å². The third kappa shape index (κ3) is 3.84. The molecule has 1 aliphatic rings. The van der Waals surface area contributed by atoms with Crippen molar-refractivity contribution in [1.29, 1.82) is 0 Å². The maximum atomic E-state index is 14.0. The molecule has 2 aromatic rings. The maximum absolute atomic E-state index is 14.0. The van der Waals surface area contributed by atoms with Crippen LogP contribution in [-0.2, 0) is 4.57 Å². The van der Waals surface area contributed by atoms with Gasteiger partial charge in [-0.15, -0.1) is 0 Å². The molecule has 0 saturated heterocycles. The van der Waals surface area contributed by atoms with E-state index in [1.807, 2.05) is 60.7 Å². The molecule has 2 aromatic carbocycles. The number of allylic oxidation sites excluding steroid dienone is 2. The first-order chi connectivity index (χ1) is 12.0. The highest BCUT2D eigenvalue weighted by Gasteiger charge is 2.29. The summed E-state index contributed by atoms with van der Waals surface area (Å²) >= 11 is 0. The summed E-state index contributed by atoms with van der Waals surface area (Å²) in [6, 6.07) is 18.8. The van der Waals surface area contributed by atoms with Gasteiger partial charge >= 0.3 is 0 Å². The summed E-state index contributed by atoms with van der Waals surface area (Å²) in [5.74, 6) is 0. The van der Waals surface area contributed by atoms with Crippen LogP contribution in [0.3, 0.4) is 0 Å². The molecular weight excluding hydrogens is 334 g/mol. The molecule has 130 valence electrons. The minimum absolute atomic E-state index is 0.0885. The molecule has 1 fully saturated rings. The first-order valence-electron chi connectivity index (χ1n) is 8.41. The van der Waals surface area contributed by atoms with Gasteiger partial charge in [-0.1, -0.05) is 73.3 Å². The molecule has 4 heteroatoms. The number of hydrogen-bond acceptors (Lipinski definition) is 2. The molecule has 3 rings (SSSR count). The van der Waals surface area contributed by atoms with E-state index in [0.29, 0.717) is 17.6 Å². The Labute approximate surface area is 148 Å². The van der Waals surface area contributed by atoms with Gasteiger partial charge in [0, 0.05) is 23.2 Å². The van der Waals surface area contributed by atoms with Gasteiger partial charge in [0.1, 0.15) is 13.3 Å². The van der Waals surface area contributed by atoms with Crippen molar-refractivity contribution in [2.24, 2.45) is 0 Å². The number of rotatable bonds is 4. The second-order valence-corrected chi connectivity index (χ2v) is 9.29. The third-order valence-corrected chi connectivity index (χ3v) is 7.63. The van der Waals surface area contributed by atoms with Crippen LogP contribution in [0.2, 0.25) is 0 Å². The van der Waals surface area contributed by atoms with Gasteiger partial charge in [0.05, 0.1) is 6.10 Å². The average Bonchev–Trinajstić information content (AvgIpc) is 2.64. The molecule has 2 nitrogen and oxygen atoms in total. The fourth-order valence-corrected chi connectivity index (χ4v) is 5.71. The lowest BCUT2D eigenvalue weighted by Crippen LogP contribution is -2.25. The number of hydrogen-bond donors (Lipinski definition) is 1. The van der Waals surface area contributed by atoms with Crippen molar-refractivity contribution < 1.29 is 14.1 Å². The van der Waals surface area contributed by atoms with Crippen LogP contribution in [0.4, 0.5) is 4.39 Å². The van der Waals surface area contributed by atoms with Gasteiger partial charge in [0.15, 0.2) is 0 Å². The summed E-state index contributed by atoms with van der Waals surface area (Å²) in [5.41, 5.74) is 1.08. The molecule has 0 aliphatic heterocycles. The minimum atomic E-state index is -2.88. The highest BCUT2D eigenvalue weighted by atomic mass is 31.2. The van der Waals surface area contributed by atoms with Crippen molar-refractivity contribution in [3.63, 3.8) is 0 Å². The quantitative estimate of drug-likeness (QED) is 0.842. The fraction of sp³-hybridized carbons (Fsp3) is 0.238. The van der Waals surface area contributed by atoms with E-state index in [4.69, 9.17) is 0 Å². The van der Waals surface area contributed by atoms with Crippen LogP contribution in [-0.4, -0.2) is 23.5 Å². The smallest absolute Gasteiger partial charge is 0.146 e. The minimum Gasteiger partial charge on any atom is -0.393 e. The van der Waals surface area contributed by atoms with E-state index in [1.165, 1.54) is 0 Å². The van der Waals surface area contributed by atoms with Gasteiger partial charge < -0.3 is 9.67 Å². The molecule has 1 aliphatic carbocycles. The molecule has 1 saturated carbocycles. The van der Waals surface area contributed by atoms with E-state index in [1.54, 1.807) is 6.08 Å². The summed E-state index contributed by atoms with van der Waals surface area (Å²) < 4.78 is 27.9. The molecule has 2 atom stereocenters. The average molecular weight is 356 g/mol. The van der Waals surface area contributed by atoms with E-state index >= 15 is 0 Å². The van der Waals surface area contributed by atoms with Crippen LogP contribution in [0.25, 0.3) is 0 Å². The van der Waals surface area contributed by atoms with Crippen LogP contribution < -0.4 is 10.6 Å². The van der Waals surface area contributed by atoms with Crippen LogP contribution >= 0.6 is 7.14 Å². The second-order valence-electron chi connectivity index (χ2n) is 6.41. The predicted octanol–water partition coefficient (Wildman–Crippen LogP) is 3.98. The molecule has 0 spiro atoms. The molecule has 0 aromatic heterocycles. The third-order valence-electron chi connectivity index (χ3n) is 4.67. The number of benzene rings is 2. The van der Waals surface area contributed by atoms with E-state index in [9.17, 15) is 14.1 Å². The molecule has 0 radical (unpaired) electrons. The first-order valence-corrected chi connectivity index (χ1v) is 10.3. The molecule has 0 heterocycles. The summed E-state index contributed by atoms with van der Waals surface area (Å²) in [4.78, 5) is 0. The summed E-state index contributed by atoms with van der Waals surface area (Å²) in [7, 11) is -2.88. The van der Waals surface area contributed by atoms with Crippen LogP contribution in [0.15, 0.2) is 84.5 Å². The summed E-state index contributed by atoms with van der Waals surface area (Å²) in [6.45, 7) is 3.81. The van der Waals surface area contributed by atoms with Gasteiger partial charge in [-0.25, -0.2) is 4.39 Å². The zero-order chi connectivity index (χ0) is 17.9. The normalized spacial score (nSPS) is 23.0. The Morgan fingerprint density at radius 2 is 1.60 bits per heavy atom. The van der Waals surface area contributed by atoms with Crippen LogP contribution in [0.1, 0.15) is 12.8 Å². The van der Waals surface area contributed by atoms with E-state index in [2.05, 4.69) is 6.58 Å². The Bertz CT molecular complexity index is 771. The van der Waals surface area contributed by atoms with Gasteiger partial charge in [0.25, 0.3) is 0 Å². The maximum Gasteiger partial charge on any atom is 0.146 e. The van der Waals surface area contributed by atoms with E-state index in [0.717, 1.165) is 10.6 Å². The van der Waals surface area contributed by atoms with Crippen molar-refractivity contribution in [2.45, 2.75) is 25.1 Å². The zero-order valence-corrected chi connectivity index (χ0v) is 14.9. The Morgan fingerprint density at radius 1 is 1.08 bits per heavy atom. The van der Waals surface area contributed by atoms with Crippen LogP contribution in [0.5, 0.6) is 0 Å². The molecule has 0 amide bonds. The highest BCUT2D eigenvalue weighted by molar-refractivity contribution is 7.78. The standard InChI is InChI=1S/C21H22FO2P/c1-16-17(14-18(23)15-21(16)22)12-13-25(24,19-8-4-2-5-9-19)20-10-6-3-7-11-20/h2-12,18,21,23H,1,13-15H2/b17-12-/t18?,21-/m0/s1. The largest absolute Gasteiger partial charge is 0.393 e. The number of halogens is 1. The Morgan fingerprint density at radius 3 is 2.12 bits per heavy atom. The number of aliphatic hydroxyl groups is 1. The molecule has 1 unspecified atom stereocenters. The lowest BCUT2D eigenvalue weighted by atomic mass is 9.87. The van der Waals surface area contributed by atoms with Crippen molar-refractivity contribution in [3.05, 3.63) is 84.5 Å². The summed E-state index contributed by atoms with van der Waals surface area (Å²) in [6.07, 6.45) is 0.600. The van der Waals surface area contributed by atoms with Crippen molar-refractivity contribution in [1.82, 2.24) is 0 Å². The molecular formula is C21H22FO2P. The Kier molecular flexibility index (Phi) is 5.36. The zero-order valence-electron chi connectivity index (χ0n) is 14.0. The summed E-state index contributed by atoms with van der Waals surface area (Å²) in [5, 5.41) is 11.4. The first kappa shape index (κ1) is 17.8. The van der Waals surface area contributed by atoms with Gasteiger partial charge in [0.2, 0.25) is 0 Å². The number of aliphatic hydroxyl groups excluding tert-OH is 1. The Hall–Kier alpha value is -1.96. The molecule has 0 bridgehead atoms. The van der Waals surface area contributed by atoms with Crippen molar-refractivity contribution in [2.75, 3.05) is 6.16 Å². The van der Waals surface area contributed by atoms with Crippen LogP contribution in [0, 0.1) is 0 Å². The van der Waals surface area contributed by atoms with Gasteiger partial charge in [-0.05, 0) is 17.6 Å². The lowest BCUT2D eigenvalue weighted by Gasteiger charge is -2.26. The molecule has 25 heavy (non-hydrogen) atoms. The SMILES string of the molecule is C=C1/C(=C\CP(=O)(c2ccccc2)c2ccccc2)CC(O)C[C@@H]1F. The van der Waals surface area contributed by atoms with E-state index < -0.39 is 19.4 Å². The van der Waals surface area contributed by atoms with Gasteiger partial charge in [-0.2, -0.15) is 0 Å². The fourth-order valence-electron chi connectivity index (χ4n) is 3.20. The van der Waals surface area contributed by atoms with E-state index in [-0.39, 0.29) is 12.6 Å². The van der Waals surface area contributed by atoms with Crippen molar-refractivity contribution in [3.8, 4) is 0 Å². The topological polar surface area (TPSA) is 37.3 Å². The second kappa shape index (κ2) is 7.51. The Balaban J connectivity index is 1.98. The monoisotopic (exact) mass is 356 g/mol. The highest BCUT2D eigenvalue weighted by Crippen LogP contribution is 2.44. The predicted molar refractivity (Wildman–Crippen MR) is 102 cm³/mol. The number of alkyl halides is 1.